The minimum atomic E-state index is -1.09. The number of aryl methyl sites for hydroxylation is 1. The van der Waals surface area contributed by atoms with Crippen LogP contribution in [0.3, 0.4) is 0 Å². The Morgan fingerprint density at radius 3 is 2.38 bits per heavy atom. The summed E-state index contributed by atoms with van der Waals surface area (Å²) in [7, 11) is 0. The Morgan fingerprint density at radius 1 is 0.897 bits per heavy atom. The van der Waals surface area contributed by atoms with Crippen molar-refractivity contribution in [3.8, 4) is 11.5 Å². The first kappa shape index (κ1) is 27.0. The summed E-state index contributed by atoms with van der Waals surface area (Å²) in [6, 6.07) is 17.9. The number of hydrogen-bond acceptors (Lipinski definition) is 6. The quantitative estimate of drug-likeness (QED) is 0.268. The van der Waals surface area contributed by atoms with Crippen LogP contribution in [0.15, 0.2) is 66.7 Å². The molecule has 0 saturated carbocycles. The molecule has 0 spiro atoms. The molecule has 1 aliphatic rings. The summed E-state index contributed by atoms with van der Waals surface area (Å²) >= 11 is 0. The minimum Gasteiger partial charge on any atom is -0.481 e. The zero-order chi connectivity index (χ0) is 27.8. The second-order valence-electron chi connectivity index (χ2n) is 8.88. The summed E-state index contributed by atoms with van der Waals surface area (Å²) in [5.74, 6) is -1.00. The highest BCUT2D eigenvalue weighted by atomic mass is 16.7. The molecule has 39 heavy (non-hydrogen) atoms. The Morgan fingerprint density at radius 2 is 1.64 bits per heavy atom. The number of carbonyl (C=O) groups is 4. The van der Waals surface area contributed by atoms with Crippen molar-refractivity contribution < 1.29 is 33.8 Å². The van der Waals surface area contributed by atoms with E-state index in [9.17, 15) is 24.3 Å². The lowest BCUT2D eigenvalue weighted by atomic mass is 10.0. The maximum atomic E-state index is 12.5. The summed E-state index contributed by atoms with van der Waals surface area (Å²) in [4.78, 5) is 48.5. The van der Waals surface area contributed by atoms with Crippen LogP contribution in [0.4, 0.5) is 16.2 Å². The van der Waals surface area contributed by atoms with Crippen molar-refractivity contribution >= 4 is 35.2 Å². The van der Waals surface area contributed by atoms with Crippen molar-refractivity contribution in [2.45, 2.75) is 25.8 Å². The van der Waals surface area contributed by atoms with Gasteiger partial charge in [-0.15, -0.1) is 0 Å². The summed E-state index contributed by atoms with van der Waals surface area (Å²) in [5.41, 5.74) is 3.42. The first-order chi connectivity index (χ1) is 18.8. The van der Waals surface area contributed by atoms with E-state index in [0.717, 1.165) is 5.56 Å². The molecule has 11 nitrogen and oxygen atoms in total. The number of carboxylic acids is 1. The van der Waals surface area contributed by atoms with Crippen molar-refractivity contribution in [1.82, 2.24) is 10.6 Å². The molecule has 0 fully saturated rings. The van der Waals surface area contributed by atoms with E-state index in [1.54, 1.807) is 48.5 Å². The predicted octanol–water partition coefficient (Wildman–Crippen LogP) is 3.36. The molecule has 4 amide bonds. The van der Waals surface area contributed by atoms with Gasteiger partial charge in [-0.3, -0.25) is 14.4 Å². The molecule has 11 heteroatoms. The molecule has 3 aromatic rings. The van der Waals surface area contributed by atoms with E-state index < -0.39 is 17.9 Å². The molecule has 1 atom stereocenters. The molecule has 0 radical (unpaired) electrons. The number of hydrogen-bond donors (Lipinski definition) is 5. The predicted molar refractivity (Wildman–Crippen MR) is 143 cm³/mol. The SMILES string of the molecule is Cc1ccccc1NC(=O)Nc1ccc(CC(=O)NCC(=O)N[C@@H](CC(=O)O)c2ccc3c(c2)OCO3)cc1. The molecule has 0 aromatic heterocycles. The van der Waals surface area contributed by atoms with Crippen LogP contribution in [0.2, 0.25) is 0 Å². The Labute approximate surface area is 224 Å². The molecule has 0 aliphatic carbocycles. The largest absolute Gasteiger partial charge is 0.481 e. The number of nitrogens with one attached hydrogen (secondary N) is 4. The van der Waals surface area contributed by atoms with Gasteiger partial charge in [0.1, 0.15) is 0 Å². The fourth-order valence-electron chi connectivity index (χ4n) is 3.93. The molecule has 3 aromatic carbocycles. The molecule has 0 bridgehead atoms. The maximum Gasteiger partial charge on any atom is 0.323 e. The Hall–Kier alpha value is -5.06. The number of rotatable bonds is 10. The van der Waals surface area contributed by atoms with Crippen LogP contribution in [0.25, 0.3) is 0 Å². The smallest absolute Gasteiger partial charge is 0.323 e. The van der Waals surface area contributed by atoms with E-state index >= 15 is 0 Å². The third kappa shape index (κ3) is 7.71. The van der Waals surface area contributed by atoms with Crippen LogP contribution in [0.5, 0.6) is 11.5 Å². The van der Waals surface area contributed by atoms with Crippen LogP contribution in [0.1, 0.15) is 29.2 Å². The fourth-order valence-corrected chi connectivity index (χ4v) is 3.93. The number of urea groups is 1. The van der Waals surface area contributed by atoms with Crippen molar-refractivity contribution in [2.24, 2.45) is 0 Å². The standard InChI is InChI=1S/C28H28N4O7/c1-17-4-2-3-5-21(17)32-28(37)30-20-9-6-18(7-10-20)12-25(33)29-15-26(34)31-22(14-27(35)36)19-8-11-23-24(13-19)39-16-38-23/h2-11,13,22H,12,14-16H2,1H3,(H,29,33)(H,31,34)(H,35,36)(H2,30,32,37)/t22-/m0/s1. The number of anilines is 2. The number of aliphatic carboxylic acids is 1. The summed E-state index contributed by atoms with van der Waals surface area (Å²) in [6.07, 6.45) is -0.327. The van der Waals surface area contributed by atoms with Gasteiger partial charge in [-0.1, -0.05) is 36.4 Å². The van der Waals surface area contributed by atoms with Crippen LogP contribution < -0.4 is 30.7 Å². The van der Waals surface area contributed by atoms with E-state index in [2.05, 4.69) is 21.3 Å². The van der Waals surface area contributed by atoms with Gasteiger partial charge < -0.3 is 35.8 Å². The highest BCUT2D eigenvalue weighted by molar-refractivity contribution is 6.00. The molecule has 202 valence electrons. The number of carboxylic acid groups (broad SMARTS) is 1. The van der Waals surface area contributed by atoms with Crippen LogP contribution in [0, 0.1) is 6.92 Å². The first-order valence-corrected chi connectivity index (χ1v) is 12.2. The zero-order valence-corrected chi connectivity index (χ0v) is 21.2. The van der Waals surface area contributed by atoms with Gasteiger partial charge in [-0.2, -0.15) is 0 Å². The number of fused-ring (bicyclic) bond motifs is 1. The summed E-state index contributed by atoms with van der Waals surface area (Å²) in [5, 5.41) is 20.0. The van der Waals surface area contributed by atoms with Crippen LogP contribution in [-0.4, -0.2) is 42.3 Å². The van der Waals surface area contributed by atoms with Crippen LogP contribution in [-0.2, 0) is 20.8 Å². The Bertz CT molecular complexity index is 1370. The number of amides is 4. The van der Waals surface area contributed by atoms with Crippen molar-refractivity contribution in [3.63, 3.8) is 0 Å². The number of para-hydroxylation sites is 1. The molecule has 0 unspecified atom stereocenters. The molecule has 1 aliphatic heterocycles. The summed E-state index contributed by atoms with van der Waals surface area (Å²) < 4.78 is 10.6. The van der Waals surface area contributed by atoms with Crippen LogP contribution >= 0.6 is 0 Å². The highest BCUT2D eigenvalue weighted by Crippen LogP contribution is 2.34. The van der Waals surface area contributed by atoms with E-state index in [-0.39, 0.29) is 38.1 Å². The van der Waals surface area contributed by atoms with Gasteiger partial charge in [0.25, 0.3) is 0 Å². The van der Waals surface area contributed by atoms with E-state index in [1.807, 2.05) is 25.1 Å². The van der Waals surface area contributed by atoms with E-state index in [4.69, 9.17) is 9.47 Å². The monoisotopic (exact) mass is 532 g/mol. The Balaban J connectivity index is 1.24. The van der Waals surface area contributed by atoms with E-state index in [0.29, 0.717) is 34.0 Å². The fraction of sp³-hybridized carbons (Fsp3) is 0.214. The van der Waals surface area contributed by atoms with Gasteiger partial charge in [-0.25, -0.2) is 4.79 Å². The van der Waals surface area contributed by atoms with Crippen molar-refractivity contribution in [1.29, 1.82) is 0 Å². The lowest BCUT2D eigenvalue weighted by Crippen LogP contribution is -2.39. The van der Waals surface area contributed by atoms with Gasteiger partial charge in [0.15, 0.2) is 11.5 Å². The average molecular weight is 533 g/mol. The maximum absolute atomic E-state index is 12.5. The zero-order valence-electron chi connectivity index (χ0n) is 21.2. The molecular weight excluding hydrogens is 504 g/mol. The van der Waals surface area contributed by atoms with Gasteiger partial charge in [0.05, 0.1) is 25.4 Å². The number of benzene rings is 3. The third-order valence-electron chi connectivity index (χ3n) is 5.93. The second-order valence-corrected chi connectivity index (χ2v) is 8.88. The van der Waals surface area contributed by atoms with Gasteiger partial charge >= 0.3 is 12.0 Å². The normalized spacial score (nSPS) is 12.2. The average Bonchev–Trinajstić information content (AvgIpc) is 3.37. The van der Waals surface area contributed by atoms with Crippen molar-refractivity contribution in [2.75, 3.05) is 24.0 Å². The molecule has 1 heterocycles. The molecule has 4 rings (SSSR count). The molecule has 0 saturated heterocycles. The van der Waals surface area contributed by atoms with E-state index in [1.165, 1.54) is 0 Å². The van der Waals surface area contributed by atoms with Gasteiger partial charge in [0, 0.05) is 11.4 Å². The lowest BCUT2D eigenvalue weighted by molar-refractivity contribution is -0.138. The lowest BCUT2D eigenvalue weighted by Gasteiger charge is -2.18. The van der Waals surface area contributed by atoms with Gasteiger partial charge in [-0.05, 0) is 53.9 Å². The third-order valence-corrected chi connectivity index (χ3v) is 5.93. The second kappa shape index (κ2) is 12.5. The molecule has 5 N–H and O–H groups in total. The van der Waals surface area contributed by atoms with Crippen molar-refractivity contribution in [3.05, 3.63) is 83.4 Å². The minimum absolute atomic E-state index is 0.0175. The Kier molecular flexibility index (Phi) is 8.62. The molecular formula is C28H28N4O7. The summed E-state index contributed by atoms with van der Waals surface area (Å²) in [6.45, 7) is 1.65. The first-order valence-electron chi connectivity index (χ1n) is 12.2. The highest BCUT2D eigenvalue weighted by Gasteiger charge is 2.22. The number of ether oxygens (including phenoxy) is 2. The number of carbonyl (C=O) groups excluding carboxylic acids is 3. The van der Waals surface area contributed by atoms with Gasteiger partial charge in [0.2, 0.25) is 18.6 Å². The topological polar surface area (TPSA) is 155 Å².